The van der Waals surface area contributed by atoms with Gasteiger partial charge in [-0.3, -0.25) is 4.79 Å². The van der Waals surface area contributed by atoms with Gasteiger partial charge in [0.1, 0.15) is 0 Å². The zero-order chi connectivity index (χ0) is 9.84. The highest BCUT2D eigenvalue weighted by molar-refractivity contribution is 6.32. The summed E-state index contributed by atoms with van der Waals surface area (Å²) >= 11 is 0. The molecular weight excluding hydrogens is 170 g/mol. The maximum absolute atomic E-state index is 10.9. The molecule has 4 heteroatoms. The third-order valence-electron chi connectivity index (χ3n) is 2.55. The van der Waals surface area contributed by atoms with Crippen LogP contribution in [0.15, 0.2) is 0 Å². The van der Waals surface area contributed by atoms with Crippen LogP contribution in [0.4, 0.5) is 0 Å². The van der Waals surface area contributed by atoms with E-state index in [1.54, 1.807) is 0 Å². The van der Waals surface area contributed by atoms with Crippen molar-refractivity contribution >= 4 is 11.8 Å². The van der Waals surface area contributed by atoms with Crippen molar-refractivity contribution in [3.05, 3.63) is 0 Å². The van der Waals surface area contributed by atoms with E-state index in [0.717, 1.165) is 25.9 Å². The molecule has 1 fully saturated rings. The number of aliphatic carboxylic acids is 1. The van der Waals surface area contributed by atoms with Gasteiger partial charge in [-0.15, -0.1) is 0 Å². The summed E-state index contributed by atoms with van der Waals surface area (Å²) in [6.45, 7) is 1.94. The van der Waals surface area contributed by atoms with Crippen molar-refractivity contribution in [1.82, 2.24) is 4.90 Å². The van der Waals surface area contributed by atoms with E-state index in [4.69, 9.17) is 5.11 Å². The molecule has 0 amide bonds. The quantitative estimate of drug-likeness (QED) is 0.645. The normalized spacial score (nSPS) is 20.1. The molecule has 0 saturated carbocycles. The average molecular weight is 185 g/mol. The standard InChI is InChI=1S/C9H15NO3/c1-10-4-2-7(3-5-10)6-8(11)9(12)13/h7H,2-6H2,1H3,(H,12,13). The Bertz CT molecular complexity index is 207. The third kappa shape index (κ3) is 3.14. The van der Waals surface area contributed by atoms with E-state index in [0.29, 0.717) is 0 Å². The number of ketones is 1. The van der Waals surface area contributed by atoms with Crippen LogP contribution < -0.4 is 0 Å². The van der Waals surface area contributed by atoms with Gasteiger partial charge in [0.2, 0.25) is 5.78 Å². The molecule has 0 aromatic carbocycles. The molecule has 1 heterocycles. The van der Waals surface area contributed by atoms with Gasteiger partial charge in [-0.05, 0) is 38.9 Å². The molecule has 1 aliphatic rings. The molecule has 0 radical (unpaired) electrons. The lowest BCUT2D eigenvalue weighted by atomic mass is 9.92. The minimum atomic E-state index is -1.29. The average Bonchev–Trinajstić information content (AvgIpc) is 2.08. The highest BCUT2D eigenvalue weighted by Gasteiger charge is 2.22. The van der Waals surface area contributed by atoms with Crippen LogP contribution in [0.5, 0.6) is 0 Å². The van der Waals surface area contributed by atoms with E-state index in [1.165, 1.54) is 0 Å². The van der Waals surface area contributed by atoms with Gasteiger partial charge in [-0.1, -0.05) is 0 Å². The predicted molar refractivity (Wildman–Crippen MR) is 47.5 cm³/mol. The Morgan fingerprint density at radius 2 is 1.92 bits per heavy atom. The van der Waals surface area contributed by atoms with Crippen molar-refractivity contribution in [2.75, 3.05) is 20.1 Å². The van der Waals surface area contributed by atoms with Crippen LogP contribution in [0.3, 0.4) is 0 Å². The molecule has 1 saturated heterocycles. The van der Waals surface area contributed by atoms with Gasteiger partial charge in [0.05, 0.1) is 0 Å². The number of carbonyl (C=O) groups excluding carboxylic acids is 1. The van der Waals surface area contributed by atoms with Crippen LogP contribution in [0.1, 0.15) is 19.3 Å². The highest BCUT2D eigenvalue weighted by Crippen LogP contribution is 2.19. The summed E-state index contributed by atoms with van der Waals surface area (Å²) in [5.74, 6) is -1.66. The maximum Gasteiger partial charge on any atom is 0.372 e. The zero-order valence-corrected chi connectivity index (χ0v) is 7.82. The number of piperidine rings is 1. The monoisotopic (exact) mass is 185 g/mol. The second kappa shape index (κ2) is 4.37. The molecular formula is C9H15NO3. The lowest BCUT2D eigenvalue weighted by Gasteiger charge is -2.28. The number of Topliss-reactive ketones (excluding diaryl/α,β-unsaturated/α-hetero) is 1. The van der Waals surface area contributed by atoms with Crippen LogP contribution in [0.2, 0.25) is 0 Å². The molecule has 0 aliphatic carbocycles. The first-order chi connectivity index (χ1) is 6.09. The smallest absolute Gasteiger partial charge is 0.372 e. The molecule has 1 N–H and O–H groups in total. The number of carbonyl (C=O) groups is 2. The Kier molecular flexibility index (Phi) is 3.42. The number of rotatable bonds is 3. The number of nitrogens with zero attached hydrogens (tertiary/aromatic N) is 1. The van der Waals surface area contributed by atoms with Gasteiger partial charge >= 0.3 is 5.97 Å². The summed E-state index contributed by atoms with van der Waals surface area (Å²) in [6.07, 6.45) is 2.09. The zero-order valence-electron chi connectivity index (χ0n) is 7.82. The summed E-state index contributed by atoms with van der Waals surface area (Å²) in [5.41, 5.74) is 0. The lowest BCUT2D eigenvalue weighted by Crippen LogP contribution is -2.32. The minimum Gasteiger partial charge on any atom is -0.476 e. The van der Waals surface area contributed by atoms with Crippen molar-refractivity contribution in [2.24, 2.45) is 5.92 Å². The Morgan fingerprint density at radius 3 is 2.38 bits per heavy atom. The second-order valence-electron chi connectivity index (χ2n) is 3.68. The van der Waals surface area contributed by atoms with Crippen molar-refractivity contribution in [3.8, 4) is 0 Å². The molecule has 4 nitrogen and oxygen atoms in total. The van der Waals surface area contributed by atoms with Crippen LogP contribution in [-0.4, -0.2) is 41.9 Å². The van der Waals surface area contributed by atoms with Gasteiger partial charge in [-0.2, -0.15) is 0 Å². The Hall–Kier alpha value is -0.900. The number of carboxylic acids is 1. The van der Waals surface area contributed by atoms with Crippen LogP contribution in [0, 0.1) is 5.92 Å². The fourth-order valence-electron chi connectivity index (χ4n) is 1.62. The molecule has 1 aliphatic heterocycles. The Labute approximate surface area is 77.5 Å². The summed E-state index contributed by atoms with van der Waals surface area (Å²) in [7, 11) is 2.04. The van der Waals surface area contributed by atoms with E-state index in [9.17, 15) is 9.59 Å². The van der Waals surface area contributed by atoms with Gasteiger partial charge < -0.3 is 10.0 Å². The van der Waals surface area contributed by atoms with Crippen molar-refractivity contribution in [1.29, 1.82) is 0 Å². The van der Waals surface area contributed by atoms with Gasteiger partial charge in [0.25, 0.3) is 0 Å². The number of hydrogen-bond donors (Lipinski definition) is 1. The van der Waals surface area contributed by atoms with Crippen LogP contribution in [-0.2, 0) is 9.59 Å². The summed E-state index contributed by atoms with van der Waals surface area (Å²) in [6, 6.07) is 0. The highest BCUT2D eigenvalue weighted by atomic mass is 16.4. The van der Waals surface area contributed by atoms with Gasteiger partial charge in [0.15, 0.2) is 0 Å². The predicted octanol–water partition coefficient (Wildman–Crippen LogP) is 0.372. The van der Waals surface area contributed by atoms with Crippen molar-refractivity contribution in [3.63, 3.8) is 0 Å². The first-order valence-corrected chi connectivity index (χ1v) is 4.54. The third-order valence-corrected chi connectivity index (χ3v) is 2.55. The molecule has 13 heavy (non-hydrogen) atoms. The molecule has 1 rings (SSSR count). The van der Waals surface area contributed by atoms with E-state index >= 15 is 0 Å². The Morgan fingerprint density at radius 1 is 1.38 bits per heavy atom. The molecule has 0 unspecified atom stereocenters. The van der Waals surface area contributed by atoms with Crippen molar-refractivity contribution < 1.29 is 14.7 Å². The fraction of sp³-hybridized carbons (Fsp3) is 0.778. The largest absolute Gasteiger partial charge is 0.476 e. The lowest BCUT2D eigenvalue weighted by molar-refractivity contribution is -0.149. The van der Waals surface area contributed by atoms with E-state index in [2.05, 4.69) is 4.90 Å². The summed E-state index contributed by atoms with van der Waals surface area (Å²) in [4.78, 5) is 23.4. The van der Waals surface area contributed by atoms with E-state index in [1.807, 2.05) is 7.05 Å². The SMILES string of the molecule is CN1CCC(CC(=O)C(=O)O)CC1. The maximum atomic E-state index is 10.9. The van der Waals surface area contributed by atoms with Gasteiger partial charge in [-0.25, -0.2) is 4.79 Å². The minimum absolute atomic E-state index is 0.211. The Balaban J connectivity index is 2.30. The molecule has 0 spiro atoms. The van der Waals surface area contributed by atoms with Crippen molar-refractivity contribution in [2.45, 2.75) is 19.3 Å². The summed E-state index contributed by atoms with van der Waals surface area (Å²) < 4.78 is 0. The summed E-state index contributed by atoms with van der Waals surface area (Å²) in [5, 5.41) is 8.40. The second-order valence-corrected chi connectivity index (χ2v) is 3.68. The number of likely N-dealkylation sites (tertiary alicyclic amines) is 1. The van der Waals surface area contributed by atoms with E-state index in [-0.39, 0.29) is 12.3 Å². The first kappa shape index (κ1) is 10.2. The molecule has 0 atom stereocenters. The fourth-order valence-corrected chi connectivity index (χ4v) is 1.62. The van der Waals surface area contributed by atoms with Crippen LogP contribution in [0.25, 0.3) is 0 Å². The number of carboxylic acid groups (broad SMARTS) is 1. The molecule has 0 bridgehead atoms. The topological polar surface area (TPSA) is 57.6 Å². The van der Waals surface area contributed by atoms with E-state index < -0.39 is 11.8 Å². The molecule has 0 aromatic rings. The first-order valence-electron chi connectivity index (χ1n) is 4.54. The van der Waals surface area contributed by atoms with Crippen LogP contribution >= 0.6 is 0 Å². The molecule has 0 aromatic heterocycles. The molecule has 74 valence electrons. The number of hydrogen-bond acceptors (Lipinski definition) is 3. The van der Waals surface area contributed by atoms with Gasteiger partial charge in [0, 0.05) is 6.42 Å².